The molecule has 1 aromatic carbocycles. The van der Waals surface area contributed by atoms with E-state index in [2.05, 4.69) is 30.7 Å². The predicted octanol–water partition coefficient (Wildman–Crippen LogP) is 2.17. The highest BCUT2D eigenvalue weighted by Crippen LogP contribution is 2.28. The first-order valence-electron chi connectivity index (χ1n) is 7.29. The van der Waals surface area contributed by atoms with Crippen LogP contribution in [-0.2, 0) is 6.54 Å². The van der Waals surface area contributed by atoms with Gasteiger partial charge in [-0.1, -0.05) is 19.9 Å². The van der Waals surface area contributed by atoms with Crippen molar-refractivity contribution in [3.05, 3.63) is 23.8 Å². The zero-order chi connectivity index (χ0) is 14.7. The summed E-state index contributed by atoms with van der Waals surface area (Å²) in [5.74, 6) is 1.39. The molecule has 0 bridgehead atoms. The van der Waals surface area contributed by atoms with Crippen molar-refractivity contribution in [3.63, 3.8) is 0 Å². The molecule has 1 fully saturated rings. The monoisotopic (exact) mass is 278 g/mol. The van der Waals surface area contributed by atoms with Crippen molar-refractivity contribution in [2.24, 2.45) is 5.92 Å². The lowest BCUT2D eigenvalue weighted by Crippen LogP contribution is -2.53. The number of rotatable bonds is 4. The Hall–Kier alpha value is -1.26. The molecule has 1 aliphatic rings. The molecule has 0 unspecified atom stereocenters. The maximum Gasteiger partial charge on any atom is 0.160 e. The van der Waals surface area contributed by atoms with Gasteiger partial charge in [0, 0.05) is 32.2 Å². The number of phenolic OH excluding ortho intramolecular Hbond substituents is 1. The van der Waals surface area contributed by atoms with Crippen LogP contribution in [0.2, 0.25) is 0 Å². The fraction of sp³-hybridized carbons (Fsp3) is 0.625. The molecule has 0 radical (unpaired) electrons. The predicted molar refractivity (Wildman–Crippen MR) is 81.2 cm³/mol. The summed E-state index contributed by atoms with van der Waals surface area (Å²) in [5.41, 5.74) is 1.14. The van der Waals surface area contributed by atoms with E-state index in [1.807, 2.05) is 18.2 Å². The third-order valence-electron chi connectivity index (χ3n) is 4.14. The standard InChI is InChI=1S/C16H26N2O2/c1-12(2)14-11-17(3)7-8-18(14)10-13-5-6-16(20-4)15(19)9-13/h5-6,9,12,14,19H,7-8,10-11H2,1-4H3/t14-/m1/s1. The molecule has 1 aromatic rings. The van der Waals surface area contributed by atoms with Crippen LogP contribution in [0.1, 0.15) is 19.4 Å². The molecule has 4 heteroatoms. The second-order valence-electron chi connectivity index (χ2n) is 6.05. The zero-order valence-corrected chi connectivity index (χ0v) is 13.0. The number of methoxy groups -OCH3 is 1. The van der Waals surface area contributed by atoms with E-state index in [0.29, 0.717) is 17.7 Å². The van der Waals surface area contributed by atoms with Gasteiger partial charge in [0.05, 0.1) is 7.11 Å². The lowest BCUT2D eigenvalue weighted by Gasteiger charge is -2.42. The average molecular weight is 278 g/mol. The first-order valence-corrected chi connectivity index (χ1v) is 7.29. The Morgan fingerprint density at radius 3 is 2.70 bits per heavy atom. The maximum atomic E-state index is 9.89. The van der Waals surface area contributed by atoms with Crippen LogP contribution in [0, 0.1) is 5.92 Å². The van der Waals surface area contributed by atoms with Gasteiger partial charge in [0.2, 0.25) is 0 Å². The van der Waals surface area contributed by atoms with E-state index in [1.54, 1.807) is 7.11 Å². The van der Waals surface area contributed by atoms with E-state index >= 15 is 0 Å². The Balaban J connectivity index is 2.09. The van der Waals surface area contributed by atoms with Crippen LogP contribution in [0.15, 0.2) is 18.2 Å². The van der Waals surface area contributed by atoms with Crippen molar-refractivity contribution >= 4 is 0 Å². The van der Waals surface area contributed by atoms with Gasteiger partial charge in [-0.25, -0.2) is 0 Å². The topological polar surface area (TPSA) is 35.9 Å². The van der Waals surface area contributed by atoms with Crippen LogP contribution < -0.4 is 4.74 Å². The molecule has 1 N–H and O–H groups in total. The van der Waals surface area contributed by atoms with E-state index in [0.717, 1.165) is 31.7 Å². The minimum absolute atomic E-state index is 0.222. The normalized spacial score (nSPS) is 21.4. The number of likely N-dealkylation sites (N-methyl/N-ethyl adjacent to an activating group) is 1. The first kappa shape index (κ1) is 15.1. The molecule has 112 valence electrons. The number of aromatic hydroxyl groups is 1. The molecule has 0 aliphatic carbocycles. The Bertz CT molecular complexity index is 448. The Morgan fingerprint density at radius 2 is 2.10 bits per heavy atom. The van der Waals surface area contributed by atoms with Gasteiger partial charge in [-0.15, -0.1) is 0 Å². The van der Waals surface area contributed by atoms with Gasteiger partial charge in [-0.05, 0) is 30.7 Å². The Morgan fingerprint density at radius 1 is 1.35 bits per heavy atom. The molecule has 0 saturated carbocycles. The van der Waals surface area contributed by atoms with Crippen LogP contribution in [-0.4, -0.2) is 54.7 Å². The van der Waals surface area contributed by atoms with Gasteiger partial charge in [0.15, 0.2) is 11.5 Å². The van der Waals surface area contributed by atoms with Crippen molar-refractivity contribution in [2.75, 3.05) is 33.8 Å². The zero-order valence-electron chi connectivity index (χ0n) is 13.0. The number of hydrogen-bond acceptors (Lipinski definition) is 4. The van der Waals surface area contributed by atoms with Crippen molar-refractivity contribution in [1.29, 1.82) is 0 Å². The van der Waals surface area contributed by atoms with Crippen molar-refractivity contribution in [2.45, 2.75) is 26.4 Å². The van der Waals surface area contributed by atoms with Crippen LogP contribution in [0.4, 0.5) is 0 Å². The molecule has 4 nitrogen and oxygen atoms in total. The smallest absolute Gasteiger partial charge is 0.160 e. The van der Waals surface area contributed by atoms with Crippen LogP contribution in [0.25, 0.3) is 0 Å². The minimum atomic E-state index is 0.222. The van der Waals surface area contributed by atoms with E-state index in [1.165, 1.54) is 0 Å². The molecule has 1 heterocycles. The SMILES string of the molecule is COc1ccc(CN2CCN(C)C[C@@H]2C(C)C)cc1O. The first-order chi connectivity index (χ1) is 9.51. The summed E-state index contributed by atoms with van der Waals surface area (Å²) in [6.07, 6.45) is 0. The van der Waals surface area contributed by atoms with E-state index in [-0.39, 0.29) is 5.75 Å². The molecule has 0 aromatic heterocycles. The summed E-state index contributed by atoms with van der Waals surface area (Å²) < 4.78 is 5.09. The number of benzene rings is 1. The quantitative estimate of drug-likeness (QED) is 0.915. The largest absolute Gasteiger partial charge is 0.504 e. The Labute approximate surface area is 122 Å². The number of phenols is 1. The third kappa shape index (κ3) is 3.44. The summed E-state index contributed by atoms with van der Waals surface area (Å²) >= 11 is 0. The van der Waals surface area contributed by atoms with Gasteiger partial charge in [-0.3, -0.25) is 4.90 Å². The number of nitrogens with zero attached hydrogens (tertiary/aromatic N) is 2. The molecular weight excluding hydrogens is 252 g/mol. The Kier molecular flexibility index (Phi) is 4.89. The van der Waals surface area contributed by atoms with E-state index in [9.17, 15) is 5.11 Å². The second-order valence-corrected chi connectivity index (χ2v) is 6.05. The van der Waals surface area contributed by atoms with Crippen molar-refractivity contribution in [1.82, 2.24) is 9.80 Å². The second kappa shape index (κ2) is 6.46. The molecular formula is C16H26N2O2. The summed E-state index contributed by atoms with van der Waals surface area (Å²) in [7, 11) is 3.76. The average Bonchev–Trinajstić information content (AvgIpc) is 2.41. The fourth-order valence-corrected chi connectivity index (χ4v) is 2.89. The number of hydrogen-bond donors (Lipinski definition) is 1. The lowest BCUT2D eigenvalue weighted by atomic mass is 9.99. The van der Waals surface area contributed by atoms with Crippen LogP contribution in [0.3, 0.4) is 0 Å². The van der Waals surface area contributed by atoms with E-state index < -0.39 is 0 Å². The van der Waals surface area contributed by atoms with Crippen molar-refractivity contribution in [3.8, 4) is 11.5 Å². The van der Waals surface area contributed by atoms with Crippen LogP contribution in [0.5, 0.6) is 11.5 Å². The summed E-state index contributed by atoms with van der Waals surface area (Å²) in [4.78, 5) is 4.92. The number of ether oxygens (including phenoxy) is 1. The van der Waals surface area contributed by atoms with Gasteiger partial charge in [0.1, 0.15) is 0 Å². The molecule has 20 heavy (non-hydrogen) atoms. The molecule has 1 aliphatic heterocycles. The highest BCUT2D eigenvalue weighted by molar-refractivity contribution is 5.41. The molecule has 0 amide bonds. The van der Waals surface area contributed by atoms with Crippen LogP contribution >= 0.6 is 0 Å². The molecule has 2 rings (SSSR count). The number of piperazine rings is 1. The maximum absolute atomic E-state index is 9.89. The van der Waals surface area contributed by atoms with Gasteiger partial charge in [-0.2, -0.15) is 0 Å². The van der Waals surface area contributed by atoms with Gasteiger partial charge >= 0.3 is 0 Å². The molecule has 0 spiro atoms. The van der Waals surface area contributed by atoms with Crippen molar-refractivity contribution < 1.29 is 9.84 Å². The van der Waals surface area contributed by atoms with Gasteiger partial charge in [0.25, 0.3) is 0 Å². The summed E-state index contributed by atoms with van der Waals surface area (Å²) in [5, 5.41) is 9.89. The molecule has 1 saturated heterocycles. The summed E-state index contributed by atoms with van der Waals surface area (Å²) in [6, 6.07) is 6.26. The van der Waals surface area contributed by atoms with Gasteiger partial charge < -0.3 is 14.7 Å². The third-order valence-corrected chi connectivity index (χ3v) is 4.14. The van der Waals surface area contributed by atoms with E-state index in [4.69, 9.17) is 4.74 Å². The summed E-state index contributed by atoms with van der Waals surface area (Å²) in [6.45, 7) is 8.73. The molecule has 1 atom stereocenters. The fourth-order valence-electron chi connectivity index (χ4n) is 2.89. The highest BCUT2D eigenvalue weighted by atomic mass is 16.5. The highest BCUT2D eigenvalue weighted by Gasteiger charge is 2.27. The lowest BCUT2D eigenvalue weighted by molar-refractivity contribution is 0.0570. The minimum Gasteiger partial charge on any atom is -0.504 e.